The smallest absolute Gasteiger partial charge is 0.160 e. The van der Waals surface area contributed by atoms with Crippen molar-refractivity contribution < 1.29 is 18.6 Å². The Hall–Kier alpha value is -2.74. The molecule has 0 heterocycles. The standard InChI is InChI=1S/C18H18FNO3/c1-21-16-7-5-14(19)10-15(16)13(11-20)8-12-4-6-17(22-2)18(9-12)23-3/h4-7,9-10,13H,8H2,1-3H3. The highest BCUT2D eigenvalue weighted by atomic mass is 19.1. The number of nitrogens with zero attached hydrogens (tertiary/aromatic N) is 1. The largest absolute Gasteiger partial charge is 0.496 e. The predicted octanol–water partition coefficient (Wildman–Crippen LogP) is 3.70. The van der Waals surface area contributed by atoms with Crippen LogP contribution in [0.15, 0.2) is 36.4 Å². The van der Waals surface area contributed by atoms with E-state index in [0.717, 1.165) is 5.56 Å². The third-order valence-electron chi connectivity index (χ3n) is 3.61. The summed E-state index contributed by atoms with van der Waals surface area (Å²) >= 11 is 0. The summed E-state index contributed by atoms with van der Waals surface area (Å²) in [5.41, 5.74) is 1.42. The molecule has 0 spiro atoms. The zero-order valence-corrected chi connectivity index (χ0v) is 13.3. The maximum atomic E-state index is 13.5. The first kappa shape index (κ1) is 16.6. The SMILES string of the molecule is COc1ccc(CC(C#N)c2cc(F)ccc2OC)cc1OC. The van der Waals surface area contributed by atoms with Crippen LogP contribution in [-0.2, 0) is 6.42 Å². The van der Waals surface area contributed by atoms with Crippen LogP contribution >= 0.6 is 0 Å². The topological polar surface area (TPSA) is 51.5 Å². The molecule has 0 aromatic heterocycles. The second-order valence-corrected chi connectivity index (χ2v) is 4.96. The summed E-state index contributed by atoms with van der Waals surface area (Å²) < 4.78 is 29.2. The van der Waals surface area contributed by atoms with Crippen molar-refractivity contribution in [2.45, 2.75) is 12.3 Å². The highest BCUT2D eigenvalue weighted by Gasteiger charge is 2.18. The van der Waals surface area contributed by atoms with Crippen LogP contribution in [0.3, 0.4) is 0 Å². The molecule has 0 fully saturated rings. The van der Waals surface area contributed by atoms with E-state index in [1.54, 1.807) is 20.3 Å². The molecule has 0 aliphatic carbocycles. The molecule has 1 atom stereocenters. The van der Waals surface area contributed by atoms with Gasteiger partial charge < -0.3 is 14.2 Å². The summed E-state index contributed by atoms with van der Waals surface area (Å²) in [6.07, 6.45) is 0.413. The van der Waals surface area contributed by atoms with Gasteiger partial charge in [0.05, 0.1) is 33.3 Å². The van der Waals surface area contributed by atoms with Gasteiger partial charge in [0.1, 0.15) is 11.6 Å². The molecule has 0 radical (unpaired) electrons. The normalized spacial score (nSPS) is 11.4. The lowest BCUT2D eigenvalue weighted by Crippen LogP contribution is -2.04. The zero-order valence-electron chi connectivity index (χ0n) is 13.3. The van der Waals surface area contributed by atoms with Crippen molar-refractivity contribution in [2.24, 2.45) is 0 Å². The monoisotopic (exact) mass is 315 g/mol. The first-order valence-corrected chi connectivity index (χ1v) is 7.06. The molecule has 0 aliphatic rings. The highest BCUT2D eigenvalue weighted by Crippen LogP contribution is 2.33. The van der Waals surface area contributed by atoms with Gasteiger partial charge >= 0.3 is 0 Å². The van der Waals surface area contributed by atoms with E-state index in [4.69, 9.17) is 14.2 Å². The van der Waals surface area contributed by atoms with E-state index in [2.05, 4.69) is 6.07 Å². The molecule has 4 nitrogen and oxygen atoms in total. The van der Waals surface area contributed by atoms with Gasteiger partial charge in [-0.15, -0.1) is 0 Å². The summed E-state index contributed by atoms with van der Waals surface area (Å²) in [5, 5.41) is 9.49. The van der Waals surface area contributed by atoms with Crippen molar-refractivity contribution in [1.29, 1.82) is 5.26 Å². The van der Waals surface area contributed by atoms with E-state index in [0.29, 0.717) is 29.2 Å². The molecule has 2 rings (SSSR count). The van der Waals surface area contributed by atoms with Gasteiger partial charge in [0, 0.05) is 5.56 Å². The van der Waals surface area contributed by atoms with Crippen LogP contribution in [0.5, 0.6) is 17.2 Å². The first-order chi connectivity index (χ1) is 11.1. The van der Waals surface area contributed by atoms with Crippen molar-refractivity contribution >= 4 is 0 Å². The Morgan fingerprint density at radius 1 is 0.957 bits per heavy atom. The van der Waals surface area contributed by atoms with E-state index in [9.17, 15) is 9.65 Å². The van der Waals surface area contributed by atoms with Gasteiger partial charge in [-0.1, -0.05) is 6.07 Å². The third kappa shape index (κ3) is 3.72. The van der Waals surface area contributed by atoms with Crippen molar-refractivity contribution in [3.05, 3.63) is 53.3 Å². The molecule has 23 heavy (non-hydrogen) atoms. The molecule has 5 heteroatoms. The molecule has 2 aromatic rings. The van der Waals surface area contributed by atoms with Crippen molar-refractivity contribution in [3.8, 4) is 23.3 Å². The molecule has 0 bridgehead atoms. The van der Waals surface area contributed by atoms with E-state index < -0.39 is 11.7 Å². The minimum atomic E-state index is -0.529. The summed E-state index contributed by atoms with van der Waals surface area (Å²) in [4.78, 5) is 0. The predicted molar refractivity (Wildman–Crippen MR) is 84.6 cm³/mol. The Bertz CT molecular complexity index is 725. The number of hydrogen-bond donors (Lipinski definition) is 0. The number of benzene rings is 2. The Balaban J connectivity index is 2.34. The Morgan fingerprint density at radius 3 is 2.22 bits per heavy atom. The van der Waals surface area contributed by atoms with Gasteiger partial charge in [0.2, 0.25) is 0 Å². The van der Waals surface area contributed by atoms with Crippen LogP contribution in [0.25, 0.3) is 0 Å². The second kappa shape index (κ2) is 7.50. The third-order valence-corrected chi connectivity index (χ3v) is 3.61. The lowest BCUT2D eigenvalue weighted by Gasteiger charge is -2.15. The summed E-state index contributed by atoms with van der Waals surface area (Å²) in [7, 11) is 4.62. The quantitative estimate of drug-likeness (QED) is 0.815. The minimum absolute atomic E-state index is 0.395. The van der Waals surface area contributed by atoms with Crippen LogP contribution in [-0.4, -0.2) is 21.3 Å². The molecule has 1 unspecified atom stereocenters. The van der Waals surface area contributed by atoms with Gasteiger partial charge in [0.25, 0.3) is 0 Å². The van der Waals surface area contributed by atoms with E-state index in [1.807, 2.05) is 12.1 Å². The molecular weight excluding hydrogens is 297 g/mol. The van der Waals surface area contributed by atoms with Crippen LogP contribution in [0.4, 0.5) is 4.39 Å². The van der Waals surface area contributed by atoms with Crippen LogP contribution < -0.4 is 14.2 Å². The second-order valence-electron chi connectivity index (χ2n) is 4.96. The van der Waals surface area contributed by atoms with Crippen LogP contribution in [0, 0.1) is 17.1 Å². The molecule has 120 valence electrons. The Morgan fingerprint density at radius 2 is 1.61 bits per heavy atom. The van der Waals surface area contributed by atoms with Crippen molar-refractivity contribution in [3.63, 3.8) is 0 Å². The van der Waals surface area contributed by atoms with Gasteiger partial charge in [-0.2, -0.15) is 5.26 Å². The average molecular weight is 315 g/mol. The number of nitriles is 1. The van der Waals surface area contributed by atoms with Crippen molar-refractivity contribution in [2.75, 3.05) is 21.3 Å². The maximum absolute atomic E-state index is 13.5. The number of rotatable bonds is 6. The average Bonchev–Trinajstić information content (AvgIpc) is 2.59. The van der Waals surface area contributed by atoms with E-state index >= 15 is 0 Å². The number of halogens is 1. The molecule has 0 aliphatic heterocycles. The zero-order chi connectivity index (χ0) is 16.8. The van der Waals surface area contributed by atoms with Crippen LogP contribution in [0.1, 0.15) is 17.0 Å². The van der Waals surface area contributed by atoms with Gasteiger partial charge in [0.15, 0.2) is 11.5 Å². The molecule has 0 saturated heterocycles. The van der Waals surface area contributed by atoms with E-state index in [-0.39, 0.29) is 0 Å². The lowest BCUT2D eigenvalue weighted by atomic mass is 9.92. The molecule has 0 amide bonds. The first-order valence-electron chi connectivity index (χ1n) is 7.06. The fourth-order valence-electron chi connectivity index (χ4n) is 2.45. The van der Waals surface area contributed by atoms with Crippen molar-refractivity contribution in [1.82, 2.24) is 0 Å². The Kier molecular flexibility index (Phi) is 5.42. The lowest BCUT2D eigenvalue weighted by molar-refractivity contribution is 0.354. The molecule has 2 aromatic carbocycles. The summed E-state index contributed by atoms with van der Waals surface area (Å²) in [6.45, 7) is 0. The van der Waals surface area contributed by atoms with E-state index in [1.165, 1.54) is 25.3 Å². The van der Waals surface area contributed by atoms with Gasteiger partial charge in [-0.05, 0) is 42.3 Å². The minimum Gasteiger partial charge on any atom is -0.496 e. The number of ether oxygens (including phenoxy) is 3. The number of methoxy groups -OCH3 is 3. The fourth-order valence-corrected chi connectivity index (χ4v) is 2.45. The summed E-state index contributed by atoms with van der Waals surface area (Å²) in [6, 6.07) is 11.9. The van der Waals surface area contributed by atoms with Crippen LogP contribution in [0.2, 0.25) is 0 Å². The fraction of sp³-hybridized carbons (Fsp3) is 0.278. The molecule has 0 N–H and O–H groups in total. The highest BCUT2D eigenvalue weighted by molar-refractivity contribution is 5.45. The van der Waals surface area contributed by atoms with Gasteiger partial charge in [-0.3, -0.25) is 0 Å². The molecule has 0 saturated carbocycles. The molecular formula is C18H18FNO3. The Labute approximate surface area is 135 Å². The number of hydrogen-bond acceptors (Lipinski definition) is 4. The summed E-state index contributed by atoms with van der Waals surface area (Å²) in [5.74, 6) is 0.784. The maximum Gasteiger partial charge on any atom is 0.160 e. The van der Waals surface area contributed by atoms with Gasteiger partial charge in [-0.25, -0.2) is 4.39 Å².